The van der Waals surface area contributed by atoms with Gasteiger partial charge in [0, 0.05) is 6.42 Å². The first-order chi connectivity index (χ1) is 10.5. The minimum Gasteiger partial charge on any atom is -0.490 e. The molecule has 0 bridgehead atoms. The molecule has 0 radical (unpaired) electrons. The van der Waals surface area contributed by atoms with Gasteiger partial charge in [-0.25, -0.2) is 0 Å². The number of carbonyl (C=O) groups is 2. The van der Waals surface area contributed by atoms with Crippen LogP contribution in [0.2, 0.25) is 0 Å². The van der Waals surface area contributed by atoms with Gasteiger partial charge in [0.25, 0.3) is 0 Å². The van der Waals surface area contributed by atoms with E-state index in [0.29, 0.717) is 12.5 Å². The summed E-state index contributed by atoms with van der Waals surface area (Å²) in [6, 6.07) is 6.93. The molecule has 1 fully saturated rings. The molecule has 0 spiro atoms. The molecule has 1 amide bonds. The molecule has 1 unspecified atom stereocenters. The number of rotatable bonds is 7. The Labute approximate surface area is 130 Å². The van der Waals surface area contributed by atoms with Crippen LogP contribution in [0.5, 0.6) is 5.75 Å². The van der Waals surface area contributed by atoms with Crippen LogP contribution in [-0.4, -0.2) is 29.1 Å². The lowest BCUT2D eigenvalue weighted by Crippen LogP contribution is -2.38. The standard InChI is InChI=1S/C17H23NO4/c1-12(17(20)21)18-16(19)10-9-13-5-4-8-15(11-13)22-14-6-2-3-7-14/h4-5,8,11-12,14H,2-3,6-7,9-10H2,1H3,(H,18,19)(H,20,21). The predicted molar refractivity (Wildman–Crippen MR) is 82.9 cm³/mol. The van der Waals surface area contributed by atoms with Crippen molar-refractivity contribution in [2.45, 2.75) is 57.6 Å². The molecule has 1 aromatic carbocycles. The highest BCUT2D eigenvalue weighted by molar-refractivity contribution is 5.83. The van der Waals surface area contributed by atoms with Gasteiger partial charge in [0.15, 0.2) is 0 Å². The van der Waals surface area contributed by atoms with Gasteiger partial charge in [-0.05, 0) is 56.7 Å². The van der Waals surface area contributed by atoms with Crippen molar-refractivity contribution in [2.24, 2.45) is 0 Å². The number of aliphatic carboxylic acids is 1. The molecular weight excluding hydrogens is 282 g/mol. The first-order valence-electron chi connectivity index (χ1n) is 7.82. The maximum Gasteiger partial charge on any atom is 0.325 e. The Hall–Kier alpha value is -2.04. The average Bonchev–Trinajstić information content (AvgIpc) is 2.98. The summed E-state index contributed by atoms with van der Waals surface area (Å²) in [5.41, 5.74) is 1.02. The lowest BCUT2D eigenvalue weighted by atomic mass is 10.1. The van der Waals surface area contributed by atoms with Crippen LogP contribution in [-0.2, 0) is 16.0 Å². The third kappa shape index (κ3) is 5.06. The molecule has 0 aromatic heterocycles. The number of nitrogens with one attached hydrogen (secondary N) is 1. The fourth-order valence-corrected chi connectivity index (χ4v) is 2.61. The molecule has 5 heteroatoms. The van der Waals surface area contributed by atoms with Crippen LogP contribution in [0.25, 0.3) is 0 Å². The SMILES string of the molecule is CC(NC(=O)CCc1cccc(OC2CCCC2)c1)C(=O)O. The van der Waals surface area contributed by atoms with Crippen molar-refractivity contribution < 1.29 is 19.4 Å². The number of hydrogen-bond acceptors (Lipinski definition) is 3. The summed E-state index contributed by atoms with van der Waals surface area (Å²) in [7, 11) is 0. The van der Waals surface area contributed by atoms with Crippen molar-refractivity contribution in [1.29, 1.82) is 0 Å². The molecule has 2 rings (SSSR count). The van der Waals surface area contributed by atoms with Gasteiger partial charge in [-0.15, -0.1) is 0 Å². The maximum atomic E-state index is 11.7. The van der Waals surface area contributed by atoms with E-state index in [-0.39, 0.29) is 12.3 Å². The zero-order chi connectivity index (χ0) is 15.9. The summed E-state index contributed by atoms with van der Waals surface area (Å²) in [6.07, 6.45) is 5.83. The van der Waals surface area contributed by atoms with E-state index in [0.717, 1.165) is 24.2 Å². The van der Waals surface area contributed by atoms with Crippen LogP contribution in [0.15, 0.2) is 24.3 Å². The van der Waals surface area contributed by atoms with Gasteiger partial charge in [-0.1, -0.05) is 12.1 Å². The molecule has 1 saturated carbocycles. The molecular formula is C17H23NO4. The van der Waals surface area contributed by atoms with Gasteiger partial charge < -0.3 is 15.2 Å². The second-order valence-corrected chi connectivity index (χ2v) is 5.80. The maximum absolute atomic E-state index is 11.7. The van der Waals surface area contributed by atoms with Gasteiger partial charge in [0.05, 0.1) is 6.10 Å². The van der Waals surface area contributed by atoms with E-state index in [1.54, 1.807) is 0 Å². The quantitative estimate of drug-likeness (QED) is 0.811. The topological polar surface area (TPSA) is 75.6 Å². The monoisotopic (exact) mass is 305 g/mol. The van der Waals surface area contributed by atoms with Crippen LogP contribution >= 0.6 is 0 Å². The molecule has 1 aliphatic carbocycles. The molecule has 1 aromatic rings. The highest BCUT2D eigenvalue weighted by Crippen LogP contribution is 2.24. The van der Waals surface area contributed by atoms with Crippen molar-refractivity contribution in [3.8, 4) is 5.75 Å². The summed E-state index contributed by atoms with van der Waals surface area (Å²) in [6.45, 7) is 1.45. The Kier molecular flexibility index (Phi) is 5.81. The van der Waals surface area contributed by atoms with Gasteiger partial charge in [0.1, 0.15) is 11.8 Å². The largest absolute Gasteiger partial charge is 0.490 e. The summed E-state index contributed by atoms with van der Waals surface area (Å²) in [5, 5.41) is 11.2. The Morgan fingerprint density at radius 2 is 2.09 bits per heavy atom. The predicted octanol–water partition coefficient (Wildman–Crippen LogP) is 2.53. The summed E-state index contributed by atoms with van der Waals surface area (Å²) in [4.78, 5) is 22.4. The van der Waals surface area contributed by atoms with Crippen LogP contribution in [0.1, 0.15) is 44.6 Å². The summed E-state index contributed by atoms with van der Waals surface area (Å²) in [5.74, 6) is -0.430. The molecule has 1 aliphatic rings. The van der Waals surface area contributed by atoms with E-state index in [9.17, 15) is 9.59 Å². The van der Waals surface area contributed by atoms with Gasteiger partial charge in [0.2, 0.25) is 5.91 Å². The lowest BCUT2D eigenvalue weighted by Gasteiger charge is -2.14. The van der Waals surface area contributed by atoms with E-state index in [1.807, 2.05) is 24.3 Å². The molecule has 1 atom stereocenters. The lowest BCUT2D eigenvalue weighted by molar-refractivity contribution is -0.141. The minimum atomic E-state index is -1.03. The second kappa shape index (κ2) is 7.82. The number of amides is 1. The van der Waals surface area contributed by atoms with E-state index in [1.165, 1.54) is 19.8 Å². The third-order valence-electron chi connectivity index (χ3n) is 3.89. The van der Waals surface area contributed by atoms with Crippen molar-refractivity contribution in [2.75, 3.05) is 0 Å². The van der Waals surface area contributed by atoms with Crippen molar-refractivity contribution in [3.05, 3.63) is 29.8 Å². The fourth-order valence-electron chi connectivity index (χ4n) is 2.61. The number of hydrogen-bond donors (Lipinski definition) is 2. The Balaban J connectivity index is 1.82. The number of aryl methyl sites for hydroxylation is 1. The van der Waals surface area contributed by atoms with Gasteiger partial charge in [-0.2, -0.15) is 0 Å². The third-order valence-corrected chi connectivity index (χ3v) is 3.89. The van der Waals surface area contributed by atoms with Crippen molar-refractivity contribution in [1.82, 2.24) is 5.32 Å². The fraction of sp³-hybridized carbons (Fsp3) is 0.529. The first kappa shape index (κ1) is 16.3. The second-order valence-electron chi connectivity index (χ2n) is 5.80. The van der Waals surface area contributed by atoms with Crippen LogP contribution in [0.3, 0.4) is 0 Å². The molecule has 0 heterocycles. The summed E-state index contributed by atoms with van der Waals surface area (Å²) < 4.78 is 5.94. The average molecular weight is 305 g/mol. The van der Waals surface area contributed by atoms with E-state index in [4.69, 9.17) is 9.84 Å². The van der Waals surface area contributed by atoms with E-state index in [2.05, 4.69) is 5.32 Å². The Bertz CT molecular complexity index is 523. The molecule has 5 nitrogen and oxygen atoms in total. The molecule has 2 N–H and O–H groups in total. The van der Waals surface area contributed by atoms with Crippen molar-refractivity contribution in [3.63, 3.8) is 0 Å². The molecule has 120 valence electrons. The Morgan fingerprint density at radius 1 is 1.36 bits per heavy atom. The molecule has 0 aliphatic heterocycles. The number of ether oxygens (including phenoxy) is 1. The van der Waals surface area contributed by atoms with E-state index >= 15 is 0 Å². The summed E-state index contributed by atoms with van der Waals surface area (Å²) >= 11 is 0. The van der Waals surface area contributed by atoms with Crippen LogP contribution in [0.4, 0.5) is 0 Å². The first-order valence-corrected chi connectivity index (χ1v) is 7.82. The number of carboxylic acids is 1. The minimum absolute atomic E-state index is 0.253. The van der Waals surface area contributed by atoms with Crippen LogP contribution < -0.4 is 10.1 Å². The zero-order valence-electron chi connectivity index (χ0n) is 12.9. The smallest absolute Gasteiger partial charge is 0.325 e. The zero-order valence-corrected chi connectivity index (χ0v) is 12.9. The highest BCUT2D eigenvalue weighted by Gasteiger charge is 2.17. The Morgan fingerprint density at radius 3 is 2.77 bits per heavy atom. The highest BCUT2D eigenvalue weighted by atomic mass is 16.5. The number of carbonyl (C=O) groups excluding carboxylic acids is 1. The number of carboxylic acid groups (broad SMARTS) is 1. The molecule has 22 heavy (non-hydrogen) atoms. The normalized spacial score (nSPS) is 16.2. The van der Waals surface area contributed by atoms with E-state index < -0.39 is 12.0 Å². The van der Waals surface area contributed by atoms with Gasteiger partial charge >= 0.3 is 5.97 Å². The van der Waals surface area contributed by atoms with Crippen molar-refractivity contribution >= 4 is 11.9 Å². The molecule has 0 saturated heterocycles. The number of benzene rings is 1. The van der Waals surface area contributed by atoms with Crippen LogP contribution in [0, 0.1) is 0 Å². The van der Waals surface area contributed by atoms with Gasteiger partial charge in [-0.3, -0.25) is 9.59 Å².